The number of benzene rings is 1. The fraction of sp³-hybridized carbons (Fsp3) is 0.625. The van der Waals surface area contributed by atoms with Crippen LogP contribution in [0.15, 0.2) is 29.2 Å². The maximum atomic E-state index is 13.5. The highest BCUT2D eigenvalue weighted by Gasteiger charge is 2.38. The van der Waals surface area contributed by atoms with E-state index in [0.29, 0.717) is 26.3 Å². The summed E-state index contributed by atoms with van der Waals surface area (Å²) in [6, 6.07) is 4.42. The standard InChI is InChI=1S/C24H37N3O6S/c1-5-6-20-7-8-23-21(13-20)33-22(18(2)14-27(19(3)17-28)34(23,30)31)15-25(4)24(29)16-26-9-11-32-12-10-26/h5-8,13,18-19,22,28H,9-12,14-17H2,1-4H3/b6-5+/t18-,19+,22-/m1/s1. The number of carbonyl (C=O) groups excluding carboxylic acids is 1. The summed E-state index contributed by atoms with van der Waals surface area (Å²) in [7, 11) is -2.13. The molecule has 0 bridgehead atoms. The lowest BCUT2D eigenvalue weighted by Crippen LogP contribution is -2.51. The third kappa shape index (κ3) is 6.17. The van der Waals surface area contributed by atoms with Crippen LogP contribution in [0.5, 0.6) is 5.75 Å². The summed E-state index contributed by atoms with van der Waals surface area (Å²) >= 11 is 0. The third-order valence-electron chi connectivity index (χ3n) is 6.39. The average molecular weight is 496 g/mol. The zero-order chi connectivity index (χ0) is 24.9. The summed E-state index contributed by atoms with van der Waals surface area (Å²) in [5, 5.41) is 9.76. The molecule has 3 atom stereocenters. The molecule has 0 aromatic heterocycles. The molecule has 34 heavy (non-hydrogen) atoms. The molecule has 0 aliphatic carbocycles. The fourth-order valence-electron chi connectivity index (χ4n) is 4.20. The predicted molar refractivity (Wildman–Crippen MR) is 130 cm³/mol. The number of aliphatic hydroxyl groups is 1. The number of aliphatic hydroxyl groups excluding tert-OH is 1. The Kier molecular flexibility index (Phi) is 9.11. The van der Waals surface area contributed by atoms with Crippen LogP contribution < -0.4 is 4.74 Å². The number of morpholine rings is 1. The first-order valence-electron chi connectivity index (χ1n) is 11.8. The second-order valence-electron chi connectivity index (χ2n) is 9.11. The van der Waals surface area contributed by atoms with Crippen LogP contribution in [0.2, 0.25) is 0 Å². The van der Waals surface area contributed by atoms with Crippen molar-refractivity contribution in [2.75, 3.05) is 59.6 Å². The fourth-order valence-corrected chi connectivity index (χ4v) is 6.02. The molecule has 9 nitrogen and oxygen atoms in total. The van der Waals surface area contributed by atoms with Gasteiger partial charge in [-0.2, -0.15) is 4.31 Å². The first-order chi connectivity index (χ1) is 16.2. The molecule has 0 unspecified atom stereocenters. The van der Waals surface area contributed by atoms with Gasteiger partial charge in [0.2, 0.25) is 15.9 Å². The Labute approximate surface area is 203 Å². The van der Waals surface area contributed by atoms with Gasteiger partial charge < -0.3 is 19.5 Å². The lowest BCUT2D eigenvalue weighted by atomic mass is 10.0. The lowest BCUT2D eigenvalue weighted by Gasteiger charge is -2.38. The van der Waals surface area contributed by atoms with Gasteiger partial charge in [0.15, 0.2) is 0 Å². The minimum absolute atomic E-state index is 0.0177. The highest BCUT2D eigenvalue weighted by molar-refractivity contribution is 7.89. The van der Waals surface area contributed by atoms with Crippen LogP contribution in [0.25, 0.3) is 6.08 Å². The Morgan fingerprint density at radius 1 is 1.32 bits per heavy atom. The smallest absolute Gasteiger partial charge is 0.247 e. The number of amides is 1. The van der Waals surface area contributed by atoms with Gasteiger partial charge in [-0.15, -0.1) is 0 Å². The molecule has 190 valence electrons. The molecule has 0 spiro atoms. The molecule has 1 N–H and O–H groups in total. The van der Waals surface area contributed by atoms with Crippen molar-refractivity contribution in [2.24, 2.45) is 5.92 Å². The maximum absolute atomic E-state index is 13.5. The van der Waals surface area contributed by atoms with E-state index in [1.807, 2.05) is 26.0 Å². The molecule has 10 heteroatoms. The lowest BCUT2D eigenvalue weighted by molar-refractivity contribution is -0.133. The molecular formula is C24H37N3O6S. The Morgan fingerprint density at radius 2 is 2.03 bits per heavy atom. The molecule has 2 heterocycles. The van der Waals surface area contributed by atoms with Crippen LogP contribution in [0.1, 0.15) is 26.3 Å². The van der Waals surface area contributed by atoms with Crippen LogP contribution in [0.4, 0.5) is 0 Å². The molecule has 3 rings (SSSR count). The second-order valence-corrected chi connectivity index (χ2v) is 11.0. The number of sulfonamides is 1. The van der Waals surface area contributed by atoms with Gasteiger partial charge in [0, 0.05) is 38.6 Å². The summed E-state index contributed by atoms with van der Waals surface area (Å²) in [6.45, 7) is 8.70. The van der Waals surface area contributed by atoms with E-state index < -0.39 is 22.2 Å². The SMILES string of the molecule is C/C=C/c1ccc2c(c1)O[C@H](CN(C)C(=O)CN1CCOCC1)[C@H](C)CN([C@@H](C)CO)S2(=O)=O. The number of likely N-dealkylation sites (N-methyl/N-ethyl adjacent to an activating group) is 1. The van der Waals surface area contributed by atoms with E-state index in [-0.39, 0.29) is 35.6 Å². The number of carbonyl (C=O) groups is 1. The molecule has 2 aliphatic rings. The predicted octanol–water partition coefficient (Wildman–Crippen LogP) is 1.28. The van der Waals surface area contributed by atoms with Gasteiger partial charge in [0.25, 0.3) is 0 Å². The Hall–Kier alpha value is -1.98. The minimum atomic E-state index is -3.88. The summed E-state index contributed by atoms with van der Waals surface area (Å²) < 4.78 is 40.0. The summed E-state index contributed by atoms with van der Waals surface area (Å²) in [4.78, 5) is 16.7. The van der Waals surface area contributed by atoms with Crippen LogP contribution in [-0.4, -0.2) is 105 Å². The summed E-state index contributed by atoms with van der Waals surface area (Å²) in [6.07, 6.45) is 3.32. The number of hydrogen-bond donors (Lipinski definition) is 1. The quantitative estimate of drug-likeness (QED) is 0.608. The number of nitrogens with zero attached hydrogens (tertiary/aromatic N) is 3. The average Bonchev–Trinajstić information content (AvgIpc) is 2.81. The van der Waals surface area contributed by atoms with Crippen molar-refractivity contribution in [3.63, 3.8) is 0 Å². The monoisotopic (exact) mass is 495 g/mol. The highest BCUT2D eigenvalue weighted by Crippen LogP contribution is 2.34. The highest BCUT2D eigenvalue weighted by atomic mass is 32.2. The van der Waals surface area contributed by atoms with Crippen LogP contribution in [-0.2, 0) is 19.6 Å². The van der Waals surface area contributed by atoms with E-state index in [2.05, 4.69) is 4.90 Å². The topological polar surface area (TPSA) is 99.6 Å². The molecule has 1 aromatic carbocycles. The first kappa shape index (κ1) is 26.6. The number of fused-ring (bicyclic) bond motifs is 1. The molecule has 1 saturated heterocycles. The Bertz CT molecular complexity index is 977. The largest absolute Gasteiger partial charge is 0.487 e. The van der Waals surface area contributed by atoms with Gasteiger partial charge >= 0.3 is 0 Å². The minimum Gasteiger partial charge on any atom is -0.487 e. The molecular weight excluding hydrogens is 458 g/mol. The first-order valence-corrected chi connectivity index (χ1v) is 13.2. The number of ether oxygens (including phenoxy) is 2. The van der Waals surface area contributed by atoms with E-state index in [9.17, 15) is 18.3 Å². The summed E-state index contributed by atoms with van der Waals surface area (Å²) in [5.41, 5.74) is 0.821. The molecule has 0 saturated carbocycles. The van der Waals surface area contributed by atoms with E-state index in [0.717, 1.165) is 18.7 Å². The van der Waals surface area contributed by atoms with Gasteiger partial charge in [0.05, 0.1) is 32.9 Å². The zero-order valence-corrected chi connectivity index (χ0v) is 21.3. The van der Waals surface area contributed by atoms with Gasteiger partial charge in [-0.1, -0.05) is 25.1 Å². The van der Waals surface area contributed by atoms with Crippen molar-refractivity contribution in [3.05, 3.63) is 29.8 Å². The van der Waals surface area contributed by atoms with E-state index >= 15 is 0 Å². The van der Waals surface area contributed by atoms with Gasteiger partial charge in [0.1, 0.15) is 16.7 Å². The van der Waals surface area contributed by atoms with Crippen molar-refractivity contribution >= 4 is 22.0 Å². The zero-order valence-electron chi connectivity index (χ0n) is 20.5. The van der Waals surface area contributed by atoms with Crippen molar-refractivity contribution < 1.29 is 27.8 Å². The van der Waals surface area contributed by atoms with E-state index in [1.54, 1.807) is 37.1 Å². The Morgan fingerprint density at radius 3 is 2.68 bits per heavy atom. The van der Waals surface area contributed by atoms with Crippen molar-refractivity contribution in [1.82, 2.24) is 14.1 Å². The van der Waals surface area contributed by atoms with Gasteiger partial charge in [-0.05, 0) is 31.5 Å². The van der Waals surface area contributed by atoms with Crippen molar-refractivity contribution in [1.29, 1.82) is 0 Å². The van der Waals surface area contributed by atoms with Crippen LogP contribution in [0.3, 0.4) is 0 Å². The van der Waals surface area contributed by atoms with Gasteiger partial charge in [-0.3, -0.25) is 9.69 Å². The molecule has 2 aliphatic heterocycles. The molecule has 1 amide bonds. The number of rotatable bonds is 7. The molecule has 1 aromatic rings. The van der Waals surface area contributed by atoms with Gasteiger partial charge in [-0.25, -0.2) is 8.42 Å². The summed E-state index contributed by atoms with van der Waals surface area (Å²) in [5.74, 6) is 0.0214. The van der Waals surface area contributed by atoms with Crippen molar-refractivity contribution in [3.8, 4) is 5.75 Å². The maximum Gasteiger partial charge on any atom is 0.247 e. The Balaban J connectivity index is 1.89. The van der Waals surface area contributed by atoms with Crippen molar-refractivity contribution in [2.45, 2.75) is 37.8 Å². The van der Waals surface area contributed by atoms with E-state index in [1.165, 1.54) is 4.31 Å². The molecule has 1 fully saturated rings. The van der Waals surface area contributed by atoms with Crippen LogP contribution >= 0.6 is 0 Å². The van der Waals surface area contributed by atoms with Crippen LogP contribution in [0, 0.1) is 5.92 Å². The van der Waals surface area contributed by atoms with E-state index in [4.69, 9.17) is 9.47 Å². The third-order valence-corrected chi connectivity index (χ3v) is 8.41. The molecule has 0 radical (unpaired) electrons. The number of hydrogen-bond acceptors (Lipinski definition) is 7. The second kappa shape index (κ2) is 11.6. The normalized spacial score (nSPS) is 24.6. The number of allylic oxidation sites excluding steroid dienone is 1.